The van der Waals surface area contributed by atoms with E-state index in [4.69, 9.17) is 32.7 Å². The SMILES string of the molecule is O=C(CN(c1cccc(Cl)c1Cl)S(=O)(=O)c1ccccc1)N/N=C\c1cccc2c1OCCO2. The topological polar surface area (TPSA) is 97.3 Å². The van der Waals surface area contributed by atoms with Gasteiger partial charge in [0, 0.05) is 5.56 Å². The molecule has 0 unspecified atom stereocenters. The van der Waals surface area contributed by atoms with Crippen molar-refractivity contribution < 1.29 is 22.7 Å². The van der Waals surface area contributed by atoms with Crippen LogP contribution in [0.25, 0.3) is 0 Å². The minimum atomic E-state index is -4.14. The Labute approximate surface area is 206 Å². The maximum Gasteiger partial charge on any atom is 0.264 e. The average Bonchev–Trinajstić information content (AvgIpc) is 2.85. The van der Waals surface area contributed by atoms with Crippen molar-refractivity contribution >= 4 is 51.0 Å². The molecular weight excluding hydrogens is 501 g/mol. The van der Waals surface area contributed by atoms with Gasteiger partial charge in [0.25, 0.3) is 15.9 Å². The molecule has 0 aliphatic carbocycles. The Morgan fingerprint density at radius 3 is 2.53 bits per heavy atom. The molecular formula is C23H19Cl2N3O5S. The van der Waals surface area contributed by atoms with Crippen LogP contribution in [-0.4, -0.2) is 40.3 Å². The minimum Gasteiger partial charge on any atom is -0.486 e. The number of hydrogen-bond donors (Lipinski definition) is 1. The summed E-state index contributed by atoms with van der Waals surface area (Å²) in [7, 11) is -4.14. The molecule has 3 aromatic carbocycles. The molecule has 8 nitrogen and oxygen atoms in total. The predicted molar refractivity (Wildman–Crippen MR) is 131 cm³/mol. The van der Waals surface area contributed by atoms with Crippen LogP contribution in [-0.2, 0) is 14.8 Å². The number of para-hydroxylation sites is 1. The maximum atomic E-state index is 13.4. The van der Waals surface area contributed by atoms with Crippen molar-refractivity contribution in [2.45, 2.75) is 4.90 Å². The summed E-state index contributed by atoms with van der Waals surface area (Å²) in [6.45, 7) is 0.264. The smallest absolute Gasteiger partial charge is 0.264 e. The Balaban J connectivity index is 1.58. The molecule has 11 heteroatoms. The van der Waals surface area contributed by atoms with E-state index in [-0.39, 0.29) is 20.6 Å². The van der Waals surface area contributed by atoms with Crippen LogP contribution in [0, 0.1) is 0 Å². The molecule has 0 spiro atoms. The van der Waals surface area contributed by atoms with Gasteiger partial charge in [0.15, 0.2) is 11.5 Å². The van der Waals surface area contributed by atoms with E-state index in [2.05, 4.69) is 10.5 Å². The number of rotatable bonds is 7. The zero-order valence-corrected chi connectivity index (χ0v) is 20.0. The van der Waals surface area contributed by atoms with Crippen LogP contribution in [0.4, 0.5) is 5.69 Å². The molecule has 0 aromatic heterocycles. The highest BCUT2D eigenvalue weighted by Gasteiger charge is 2.29. The van der Waals surface area contributed by atoms with Crippen LogP contribution in [0.3, 0.4) is 0 Å². The first-order valence-electron chi connectivity index (χ1n) is 10.1. The first-order valence-corrected chi connectivity index (χ1v) is 12.3. The molecule has 34 heavy (non-hydrogen) atoms. The van der Waals surface area contributed by atoms with Crippen LogP contribution in [0.2, 0.25) is 10.0 Å². The highest BCUT2D eigenvalue weighted by molar-refractivity contribution is 7.92. The van der Waals surface area contributed by atoms with Crippen molar-refractivity contribution in [2.75, 3.05) is 24.1 Å². The molecule has 0 radical (unpaired) electrons. The van der Waals surface area contributed by atoms with Crippen molar-refractivity contribution in [3.05, 3.63) is 82.3 Å². The van der Waals surface area contributed by atoms with Crippen LogP contribution in [0.5, 0.6) is 11.5 Å². The lowest BCUT2D eigenvalue weighted by Crippen LogP contribution is -2.39. The number of amides is 1. The summed E-state index contributed by atoms with van der Waals surface area (Å²) in [4.78, 5) is 12.7. The zero-order valence-electron chi connectivity index (χ0n) is 17.6. The number of anilines is 1. The Morgan fingerprint density at radius 2 is 1.74 bits per heavy atom. The first kappa shape index (κ1) is 23.9. The van der Waals surface area contributed by atoms with Gasteiger partial charge in [-0.2, -0.15) is 5.10 Å². The van der Waals surface area contributed by atoms with E-state index in [1.807, 2.05) is 0 Å². The molecule has 176 valence electrons. The zero-order chi connectivity index (χ0) is 24.1. The molecule has 1 N–H and O–H groups in total. The van der Waals surface area contributed by atoms with Crippen LogP contribution in [0.1, 0.15) is 5.56 Å². The molecule has 3 aromatic rings. The number of sulfonamides is 1. The van der Waals surface area contributed by atoms with Crippen LogP contribution < -0.4 is 19.2 Å². The summed E-state index contributed by atoms with van der Waals surface area (Å²) in [5, 5.41) is 4.11. The van der Waals surface area contributed by atoms with Gasteiger partial charge in [0.2, 0.25) is 0 Å². The second-order valence-electron chi connectivity index (χ2n) is 7.06. The Hall–Kier alpha value is -3.27. The number of hydrogen-bond acceptors (Lipinski definition) is 6. The summed E-state index contributed by atoms with van der Waals surface area (Å²) in [6.07, 6.45) is 1.40. The van der Waals surface area contributed by atoms with Crippen molar-refractivity contribution in [2.24, 2.45) is 5.10 Å². The lowest BCUT2D eigenvalue weighted by molar-refractivity contribution is -0.119. The maximum absolute atomic E-state index is 13.4. The number of hydrazone groups is 1. The first-order chi connectivity index (χ1) is 16.4. The molecule has 0 fully saturated rings. The van der Waals surface area contributed by atoms with Crippen molar-refractivity contribution in [3.8, 4) is 11.5 Å². The molecule has 1 heterocycles. The van der Waals surface area contributed by atoms with Crippen molar-refractivity contribution in [1.82, 2.24) is 5.43 Å². The standard InChI is InChI=1S/C23H19Cl2N3O5S/c24-18-9-5-10-19(22(18)25)28(34(30,31)17-7-2-1-3-8-17)15-21(29)27-26-14-16-6-4-11-20-23(16)33-13-12-32-20/h1-11,14H,12-13,15H2,(H,27,29)/b26-14-. The Bertz CT molecular complexity index is 1330. The monoisotopic (exact) mass is 519 g/mol. The van der Waals surface area contributed by atoms with E-state index in [1.54, 1.807) is 42.5 Å². The number of nitrogens with one attached hydrogen (secondary N) is 1. The average molecular weight is 520 g/mol. The minimum absolute atomic E-state index is 0.00425. The second kappa shape index (κ2) is 10.3. The quantitative estimate of drug-likeness (QED) is 0.374. The number of benzene rings is 3. The summed E-state index contributed by atoms with van der Waals surface area (Å²) in [5.41, 5.74) is 3.02. The van der Waals surface area contributed by atoms with Gasteiger partial charge in [-0.05, 0) is 36.4 Å². The Kier molecular flexibility index (Phi) is 7.26. The largest absolute Gasteiger partial charge is 0.486 e. The van der Waals surface area contributed by atoms with Crippen LogP contribution in [0.15, 0.2) is 76.7 Å². The van der Waals surface area contributed by atoms with Gasteiger partial charge in [-0.15, -0.1) is 0 Å². The number of carbonyl (C=O) groups is 1. The number of ether oxygens (including phenoxy) is 2. The van der Waals surface area contributed by atoms with Gasteiger partial charge in [-0.1, -0.05) is 53.5 Å². The number of halogens is 2. The Morgan fingerprint density at radius 1 is 1.00 bits per heavy atom. The van der Waals surface area contributed by atoms with Crippen molar-refractivity contribution in [1.29, 1.82) is 0 Å². The van der Waals surface area contributed by atoms with Gasteiger partial charge in [-0.3, -0.25) is 9.10 Å². The van der Waals surface area contributed by atoms with Gasteiger partial charge >= 0.3 is 0 Å². The van der Waals surface area contributed by atoms with E-state index < -0.39 is 22.5 Å². The molecule has 1 aliphatic rings. The number of nitrogens with zero attached hydrogens (tertiary/aromatic N) is 2. The van der Waals surface area contributed by atoms with E-state index in [0.717, 1.165) is 4.31 Å². The third kappa shape index (κ3) is 5.11. The normalized spacial score (nSPS) is 13.0. The van der Waals surface area contributed by atoms with E-state index >= 15 is 0 Å². The lowest BCUT2D eigenvalue weighted by Gasteiger charge is -2.25. The lowest BCUT2D eigenvalue weighted by atomic mass is 10.2. The third-order valence-electron chi connectivity index (χ3n) is 4.81. The van der Waals surface area contributed by atoms with Gasteiger partial charge in [-0.25, -0.2) is 13.8 Å². The summed E-state index contributed by atoms with van der Waals surface area (Å²) < 4.78 is 38.7. The molecule has 0 bridgehead atoms. The highest BCUT2D eigenvalue weighted by Crippen LogP contribution is 2.35. The van der Waals surface area contributed by atoms with E-state index in [1.165, 1.54) is 30.5 Å². The highest BCUT2D eigenvalue weighted by atomic mass is 35.5. The second-order valence-corrected chi connectivity index (χ2v) is 9.71. The molecule has 4 rings (SSSR count). The number of fused-ring (bicyclic) bond motifs is 1. The molecule has 0 saturated heterocycles. The third-order valence-corrected chi connectivity index (χ3v) is 7.39. The molecule has 0 atom stereocenters. The summed E-state index contributed by atoms with van der Waals surface area (Å²) in [5.74, 6) is 0.414. The molecule has 1 aliphatic heterocycles. The summed E-state index contributed by atoms with van der Waals surface area (Å²) in [6, 6.07) is 17.5. The van der Waals surface area contributed by atoms with Crippen LogP contribution >= 0.6 is 23.2 Å². The fourth-order valence-corrected chi connectivity index (χ4v) is 5.14. The predicted octanol–water partition coefficient (Wildman–Crippen LogP) is 4.11. The fraction of sp³-hybridized carbons (Fsp3) is 0.130. The molecule has 0 saturated carbocycles. The summed E-state index contributed by atoms with van der Waals surface area (Å²) >= 11 is 12.4. The van der Waals surface area contributed by atoms with E-state index in [9.17, 15) is 13.2 Å². The fourth-order valence-electron chi connectivity index (χ4n) is 3.24. The van der Waals surface area contributed by atoms with E-state index in [0.29, 0.717) is 30.3 Å². The van der Waals surface area contributed by atoms with Gasteiger partial charge in [0.1, 0.15) is 19.8 Å². The number of carbonyl (C=O) groups excluding carboxylic acids is 1. The van der Waals surface area contributed by atoms with Gasteiger partial charge < -0.3 is 9.47 Å². The van der Waals surface area contributed by atoms with Gasteiger partial charge in [0.05, 0.1) is 26.8 Å². The molecule has 1 amide bonds. The van der Waals surface area contributed by atoms with Crippen molar-refractivity contribution in [3.63, 3.8) is 0 Å².